The molecule has 0 heterocycles. The second-order valence-corrected chi connectivity index (χ2v) is 9.01. The smallest absolute Gasteiger partial charge is 0.289 e. The van der Waals surface area contributed by atoms with Crippen molar-refractivity contribution in [3.63, 3.8) is 0 Å². The predicted octanol–water partition coefficient (Wildman–Crippen LogP) is 4.47. The molecular weight excluding hydrogens is 323 g/mol. The maximum Gasteiger partial charge on any atom is 0.289 e. The second kappa shape index (κ2) is 8.32. The van der Waals surface area contributed by atoms with Crippen LogP contribution in [-0.2, 0) is 10.1 Å². The fraction of sp³-hybridized carbons (Fsp3) is 0.714. The highest BCUT2D eigenvalue weighted by molar-refractivity contribution is 6.25. The van der Waals surface area contributed by atoms with E-state index in [-0.39, 0.29) is 22.7 Å². The Labute approximate surface area is 161 Å². The topological polar surface area (TPSA) is 44.7 Å². The molecule has 26 heavy (non-hydrogen) atoms. The van der Waals surface area contributed by atoms with E-state index in [9.17, 15) is 5.11 Å². The van der Waals surface area contributed by atoms with Crippen molar-refractivity contribution in [1.82, 2.24) is 10.2 Å². The van der Waals surface area contributed by atoms with Gasteiger partial charge in [-0.3, -0.25) is 10.2 Å². The largest absolute Gasteiger partial charge is 0.508 e. The van der Waals surface area contributed by atoms with Crippen molar-refractivity contribution < 1.29 is 9.76 Å². The Bertz CT molecular complexity index is 598. The van der Waals surface area contributed by atoms with Gasteiger partial charge in [0.1, 0.15) is 5.75 Å². The van der Waals surface area contributed by atoms with E-state index in [2.05, 4.69) is 64.7 Å². The third kappa shape index (κ3) is 5.02. The number of hydrogen-bond donors (Lipinski definition) is 2. The Kier molecular flexibility index (Phi) is 7.37. The zero-order valence-electron chi connectivity index (χ0n) is 18.4. The summed E-state index contributed by atoms with van der Waals surface area (Å²) in [5, 5.41) is 14.3. The first kappa shape index (κ1) is 23.0. The van der Waals surface area contributed by atoms with Gasteiger partial charge in [0.15, 0.2) is 0 Å². The minimum atomic E-state index is -0.375. The zero-order chi connectivity index (χ0) is 20.3. The van der Waals surface area contributed by atoms with Gasteiger partial charge in [-0.1, -0.05) is 33.7 Å². The number of aromatic hydroxyl groups is 1. The SMILES string of the molecule is C[B]OC(C)(C)C(C)(C)c1ccc(O)c(C(NC(C)(C)CC)N(C)C)c1. The van der Waals surface area contributed by atoms with Crippen LogP contribution in [-0.4, -0.2) is 42.7 Å². The fourth-order valence-electron chi connectivity index (χ4n) is 2.91. The van der Waals surface area contributed by atoms with Crippen LogP contribution < -0.4 is 5.32 Å². The summed E-state index contributed by atoms with van der Waals surface area (Å²) in [5.41, 5.74) is 1.38. The van der Waals surface area contributed by atoms with E-state index >= 15 is 0 Å². The summed E-state index contributed by atoms with van der Waals surface area (Å²) in [6.07, 6.45) is 0.915. The highest BCUT2D eigenvalue weighted by atomic mass is 16.5. The summed E-state index contributed by atoms with van der Waals surface area (Å²) in [6.45, 7) is 17.0. The maximum absolute atomic E-state index is 10.6. The molecule has 0 spiro atoms. The first-order valence-electron chi connectivity index (χ1n) is 9.52. The molecule has 0 fully saturated rings. The van der Waals surface area contributed by atoms with E-state index in [1.54, 1.807) is 13.5 Å². The van der Waals surface area contributed by atoms with Crippen LogP contribution in [0.1, 0.15) is 72.2 Å². The first-order chi connectivity index (χ1) is 11.8. The van der Waals surface area contributed by atoms with Crippen LogP contribution in [0.2, 0.25) is 6.82 Å². The van der Waals surface area contributed by atoms with Crippen LogP contribution in [0.3, 0.4) is 0 Å². The van der Waals surface area contributed by atoms with Crippen molar-refractivity contribution in [2.75, 3.05) is 14.1 Å². The van der Waals surface area contributed by atoms with Crippen LogP contribution in [0.5, 0.6) is 5.75 Å². The molecule has 1 atom stereocenters. The Morgan fingerprint density at radius 3 is 2.19 bits per heavy atom. The molecular formula is C21H38BN2O2. The molecule has 0 aliphatic carbocycles. The van der Waals surface area contributed by atoms with Gasteiger partial charge in [-0.05, 0) is 65.9 Å². The summed E-state index contributed by atoms with van der Waals surface area (Å²) in [7, 11) is 5.80. The average molecular weight is 361 g/mol. The molecule has 1 aromatic rings. The van der Waals surface area contributed by atoms with Crippen molar-refractivity contribution in [3.05, 3.63) is 29.3 Å². The summed E-state index contributed by atoms with van der Waals surface area (Å²) in [5.74, 6) is 0.309. The molecule has 0 bridgehead atoms. The fourth-order valence-corrected chi connectivity index (χ4v) is 2.91. The monoisotopic (exact) mass is 361 g/mol. The van der Waals surface area contributed by atoms with Crippen LogP contribution in [0, 0.1) is 0 Å². The molecule has 1 aromatic carbocycles. The molecule has 4 nitrogen and oxygen atoms in total. The highest BCUT2D eigenvalue weighted by Crippen LogP contribution is 2.40. The van der Waals surface area contributed by atoms with E-state index in [1.807, 2.05) is 27.0 Å². The average Bonchev–Trinajstić information content (AvgIpc) is 2.52. The molecule has 1 unspecified atom stereocenters. The first-order valence-corrected chi connectivity index (χ1v) is 9.52. The summed E-state index contributed by atoms with van der Waals surface area (Å²) in [6, 6.07) is 5.91. The van der Waals surface area contributed by atoms with Crippen molar-refractivity contribution in [3.8, 4) is 5.75 Å². The Balaban J connectivity index is 3.39. The summed E-state index contributed by atoms with van der Waals surface area (Å²) >= 11 is 0. The van der Waals surface area contributed by atoms with Gasteiger partial charge in [-0.25, -0.2) is 0 Å². The predicted molar refractivity (Wildman–Crippen MR) is 112 cm³/mol. The highest BCUT2D eigenvalue weighted by Gasteiger charge is 2.39. The lowest BCUT2D eigenvalue weighted by Crippen LogP contribution is -2.47. The van der Waals surface area contributed by atoms with Crippen molar-refractivity contribution >= 4 is 7.48 Å². The lowest BCUT2D eigenvalue weighted by molar-refractivity contribution is 0.0399. The van der Waals surface area contributed by atoms with Crippen LogP contribution in [0.25, 0.3) is 0 Å². The van der Waals surface area contributed by atoms with Crippen molar-refractivity contribution in [1.29, 1.82) is 0 Å². The van der Waals surface area contributed by atoms with Gasteiger partial charge in [0.25, 0.3) is 7.48 Å². The van der Waals surface area contributed by atoms with Gasteiger partial charge in [-0.15, -0.1) is 0 Å². The molecule has 0 aromatic heterocycles. The number of rotatable bonds is 9. The minimum absolute atomic E-state index is 0.0353. The molecule has 0 amide bonds. The lowest BCUT2D eigenvalue weighted by atomic mass is 9.70. The molecule has 2 N–H and O–H groups in total. The molecule has 0 saturated carbocycles. The lowest BCUT2D eigenvalue weighted by Gasteiger charge is -2.43. The van der Waals surface area contributed by atoms with Crippen molar-refractivity contribution in [2.45, 2.75) is 84.4 Å². The summed E-state index contributed by atoms with van der Waals surface area (Å²) in [4.78, 5) is 2.10. The van der Waals surface area contributed by atoms with Gasteiger partial charge in [0, 0.05) is 16.5 Å². The standard InChI is InChI=1S/C21H38BN2O2/c1-11-19(2,3)23-18(24(9)10)16-14-15(12-13-17(16)25)20(4,5)21(6,7)26-22-8/h12-14,18,23,25H,11H2,1-10H3. The minimum Gasteiger partial charge on any atom is -0.508 e. The third-order valence-corrected chi connectivity index (χ3v) is 5.89. The quantitative estimate of drug-likeness (QED) is 0.503. The molecule has 0 aliphatic rings. The number of nitrogens with one attached hydrogen (secondary N) is 1. The van der Waals surface area contributed by atoms with Crippen molar-refractivity contribution in [2.24, 2.45) is 0 Å². The second-order valence-electron chi connectivity index (χ2n) is 9.01. The molecule has 147 valence electrons. The van der Waals surface area contributed by atoms with E-state index in [4.69, 9.17) is 4.65 Å². The molecule has 5 heteroatoms. The zero-order valence-corrected chi connectivity index (χ0v) is 18.4. The Hall–Kier alpha value is -1.04. The normalized spacial score (nSPS) is 14.6. The van der Waals surface area contributed by atoms with E-state index in [0.717, 1.165) is 17.5 Å². The van der Waals surface area contributed by atoms with Gasteiger partial charge in [-0.2, -0.15) is 0 Å². The number of phenols is 1. The third-order valence-electron chi connectivity index (χ3n) is 5.89. The molecule has 1 radical (unpaired) electrons. The van der Waals surface area contributed by atoms with Gasteiger partial charge < -0.3 is 9.76 Å². The van der Waals surface area contributed by atoms with Gasteiger partial charge in [0.05, 0.1) is 11.8 Å². The molecule has 1 rings (SSSR count). The number of phenolic OH excluding ortho intramolecular Hbond substituents is 1. The Morgan fingerprint density at radius 1 is 1.15 bits per heavy atom. The number of hydrogen-bond acceptors (Lipinski definition) is 4. The van der Waals surface area contributed by atoms with Gasteiger partial charge >= 0.3 is 0 Å². The van der Waals surface area contributed by atoms with Crippen LogP contribution in [0.15, 0.2) is 18.2 Å². The van der Waals surface area contributed by atoms with E-state index in [0.29, 0.717) is 5.75 Å². The Morgan fingerprint density at radius 2 is 1.73 bits per heavy atom. The maximum atomic E-state index is 10.6. The number of nitrogens with zero attached hydrogens (tertiary/aromatic N) is 1. The molecule has 0 saturated heterocycles. The van der Waals surface area contributed by atoms with E-state index < -0.39 is 0 Å². The van der Waals surface area contributed by atoms with E-state index in [1.165, 1.54) is 0 Å². The van der Waals surface area contributed by atoms with Crippen LogP contribution in [0.4, 0.5) is 0 Å². The van der Waals surface area contributed by atoms with Crippen LogP contribution >= 0.6 is 0 Å². The number of benzene rings is 1. The molecule has 0 aliphatic heterocycles. The van der Waals surface area contributed by atoms with Gasteiger partial charge in [0.2, 0.25) is 0 Å². The summed E-state index contributed by atoms with van der Waals surface area (Å²) < 4.78 is 5.91.